The number of anilines is 1. The van der Waals surface area contributed by atoms with Crippen molar-refractivity contribution in [2.45, 2.75) is 9.92 Å². The topological polar surface area (TPSA) is 94.8 Å². The number of nitrogens with one attached hydrogen (secondary N) is 3. The molecular weight excluding hydrogens is 254 g/mol. The summed E-state index contributed by atoms with van der Waals surface area (Å²) in [6.45, 7) is 0. The van der Waals surface area contributed by atoms with E-state index in [4.69, 9.17) is 0 Å². The highest BCUT2D eigenvalue weighted by atomic mass is 32.2. The van der Waals surface area contributed by atoms with Gasteiger partial charge in [-0.1, -0.05) is 23.9 Å². The minimum Gasteiger partial charge on any atom is -0.321 e. The van der Waals surface area contributed by atoms with Crippen LogP contribution < -0.4 is 16.6 Å². The van der Waals surface area contributed by atoms with Gasteiger partial charge in [-0.25, -0.2) is 4.79 Å². The first-order chi connectivity index (χ1) is 8.65. The van der Waals surface area contributed by atoms with E-state index >= 15 is 0 Å². The van der Waals surface area contributed by atoms with Crippen molar-refractivity contribution in [1.82, 2.24) is 9.97 Å². The minimum absolute atomic E-state index is 0.0733. The fourth-order valence-corrected chi connectivity index (χ4v) is 2.73. The lowest BCUT2D eigenvalue weighted by Crippen LogP contribution is -2.30. The first-order valence-electron chi connectivity index (χ1n) is 5.10. The molecular formula is C11H7N3O3S. The van der Waals surface area contributed by atoms with Gasteiger partial charge < -0.3 is 10.3 Å². The zero-order chi connectivity index (χ0) is 12.7. The van der Waals surface area contributed by atoms with Gasteiger partial charge in [-0.05, 0) is 12.1 Å². The first-order valence-corrected chi connectivity index (χ1v) is 5.91. The molecule has 0 bridgehead atoms. The monoisotopic (exact) mass is 261 g/mol. The summed E-state index contributed by atoms with van der Waals surface area (Å²) < 4.78 is 0. The van der Waals surface area contributed by atoms with Gasteiger partial charge in [0, 0.05) is 4.90 Å². The van der Waals surface area contributed by atoms with E-state index in [-0.39, 0.29) is 10.6 Å². The number of hydrogen-bond acceptors (Lipinski definition) is 4. The predicted octanol–water partition coefficient (Wildman–Crippen LogP) is 0.780. The third-order valence-electron chi connectivity index (χ3n) is 2.48. The summed E-state index contributed by atoms with van der Waals surface area (Å²) in [7, 11) is 0. The summed E-state index contributed by atoms with van der Waals surface area (Å²) in [6.07, 6.45) is 0. The number of carbonyl (C=O) groups excluding carboxylic acids is 1. The number of benzene rings is 1. The highest BCUT2D eigenvalue weighted by molar-refractivity contribution is 7.99. The fourth-order valence-electron chi connectivity index (χ4n) is 1.70. The highest BCUT2D eigenvalue weighted by Crippen LogP contribution is 2.35. The molecule has 90 valence electrons. The maximum Gasteiger partial charge on any atom is 0.326 e. The SMILES string of the molecule is O=C1Nc2ccccc2Sc2[nH]c(=O)[nH]c(=O)c21. The van der Waals surface area contributed by atoms with E-state index in [0.29, 0.717) is 5.69 Å². The molecule has 0 fully saturated rings. The van der Waals surface area contributed by atoms with Crippen molar-refractivity contribution in [1.29, 1.82) is 0 Å². The average molecular weight is 261 g/mol. The van der Waals surface area contributed by atoms with Gasteiger partial charge in [-0.2, -0.15) is 0 Å². The van der Waals surface area contributed by atoms with Crippen LogP contribution in [0.1, 0.15) is 10.4 Å². The van der Waals surface area contributed by atoms with Crippen LogP contribution in [-0.4, -0.2) is 15.9 Å². The van der Waals surface area contributed by atoms with Gasteiger partial charge in [0.15, 0.2) is 0 Å². The number of para-hydroxylation sites is 1. The molecule has 1 aromatic carbocycles. The number of H-pyrrole nitrogens is 2. The smallest absolute Gasteiger partial charge is 0.321 e. The molecule has 0 unspecified atom stereocenters. The Kier molecular flexibility index (Phi) is 2.34. The molecule has 7 heteroatoms. The quantitative estimate of drug-likeness (QED) is 0.611. The summed E-state index contributed by atoms with van der Waals surface area (Å²) in [4.78, 5) is 40.1. The van der Waals surface area contributed by atoms with Gasteiger partial charge in [0.1, 0.15) is 5.56 Å². The number of aromatic nitrogens is 2. The molecule has 1 amide bonds. The van der Waals surface area contributed by atoms with Gasteiger partial charge in [0.25, 0.3) is 11.5 Å². The van der Waals surface area contributed by atoms with Crippen molar-refractivity contribution in [2.24, 2.45) is 0 Å². The molecule has 6 nitrogen and oxygen atoms in total. The van der Waals surface area contributed by atoms with Crippen LogP contribution in [-0.2, 0) is 0 Å². The number of carbonyl (C=O) groups is 1. The predicted molar refractivity (Wildman–Crippen MR) is 66.2 cm³/mol. The zero-order valence-electron chi connectivity index (χ0n) is 8.94. The van der Waals surface area contributed by atoms with Gasteiger partial charge in [0.05, 0.1) is 10.7 Å². The molecule has 3 rings (SSSR count). The van der Waals surface area contributed by atoms with Gasteiger partial charge in [-0.3, -0.25) is 14.6 Å². The van der Waals surface area contributed by atoms with Crippen molar-refractivity contribution in [2.75, 3.05) is 5.32 Å². The molecule has 0 radical (unpaired) electrons. The Morgan fingerprint density at radius 3 is 2.61 bits per heavy atom. The number of aromatic amines is 2. The van der Waals surface area contributed by atoms with Gasteiger partial charge in [-0.15, -0.1) is 0 Å². The Hall–Kier alpha value is -2.28. The van der Waals surface area contributed by atoms with Crippen LogP contribution in [0, 0.1) is 0 Å². The summed E-state index contributed by atoms with van der Waals surface area (Å²) in [6, 6.07) is 7.13. The van der Waals surface area contributed by atoms with Crippen molar-refractivity contribution >= 4 is 23.4 Å². The first kappa shape index (κ1) is 10.8. The van der Waals surface area contributed by atoms with Crippen LogP contribution >= 0.6 is 11.8 Å². The summed E-state index contributed by atoms with van der Waals surface area (Å²) >= 11 is 1.18. The van der Waals surface area contributed by atoms with Crippen LogP contribution in [0.15, 0.2) is 43.8 Å². The number of amides is 1. The van der Waals surface area contributed by atoms with Gasteiger partial charge in [0.2, 0.25) is 0 Å². The Morgan fingerprint density at radius 1 is 1.00 bits per heavy atom. The Balaban J connectivity index is 2.29. The van der Waals surface area contributed by atoms with Crippen LogP contribution in [0.4, 0.5) is 5.69 Å². The molecule has 0 saturated carbocycles. The van der Waals surface area contributed by atoms with Crippen LogP contribution in [0.2, 0.25) is 0 Å². The van der Waals surface area contributed by atoms with E-state index in [9.17, 15) is 14.4 Å². The lowest BCUT2D eigenvalue weighted by Gasteiger charge is -2.03. The standard InChI is InChI=1S/C11H7N3O3S/c15-8-7-9(16)13-11(17)14-10(7)18-6-4-2-1-3-5(6)12-8/h1-4H,(H,12,15)(H2,13,14,16,17). The molecule has 0 spiro atoms. The molecule has 2 heterocycles. The van der Waals surface area contributed by atoms with Gasteiger partial charge >= 0.3 is 5.69 Å². The van der Waals surface area contributed by atoms with E-state index in [1.165, 1.54) is 11.8 Å². The van der Waals surface area contributed by atoms with E-state index in [0.717, 1.165) is 4.90 Å². The maximum absolute atomic E-state index is 11.9. The largest absolute Gasteiger partial charge is 0.326 e. The third kappa shape index (κ3) is 1.65. The molecule has 0 atom stereocenters. The molecule has 0 saturated heterocycles. The zero-order valence-corrected chi connectivity index (χ0v) is 9.76. The van der Waals surface area contributed by atoms with Crippen molar-refractivity contribution in [3.63, 3.8) is 0 Å². The van der Waals surface area contributed by atoms with E-state index in [1.807, 2.05) is 11.1 Å². The van der Waals surface area contributed by atoms with Crippen LogP contribution in [0.3, 0.4) is 0 Å². The van der Waals surface area contributed by atoms with Crippen LogP contribution in [0.5, 0.6) is 0 Å². The summed E-state index contributed by atoms with van der Waals surface area (Å²) in [5.41, 5.74) is -0.773. The second kappa shape index (κ2) is 3.88. The Labute approximate surface area is 104 Å². The lowest BCUT2D eigenvalue weighted by molar-refractivity contribution is 0.102. The van der Waals surface area contributed by atoms with Crippen molar-refractivity contribution in [3.05, 3.63) is 50.7 Å². The van der Waals surface area contributed by atoms with E-state index < -0.39 is 17.2 Å². The molecule has 2 aromatic rings. The molecule has 18 heavy (non-hydrogen) atoms. The van der Waals surface area contributed by atoms with Crippen molar-refractivity contribution in [3.8, 4) is 0 Å². The third-order valence-corrected chi connectivity index (χ3v) is 3.57. The van der Waals surface area contributed by atoms with E-state index in [2.05, 4.69) is 10.3 Å². The number of hydrogen-bond donors (Lipinski definition) is 3. The van der Waals surface area contributed by atoms with Crippen LogP contribution in [0.25, 0.3) is 0 Å². The second-order valence-electron chi connectivity index (χ2n) is 3.66. The summed E-state index contributed by atoms with van der Waals surface area (Å²) in [5, 5.41) is 2.89. The highest BCUT2D eigenvalue weighted by Gasteiger charge is 2.23. The Bertz CT molecular complexity index is 763. The normalized spacial score (nSPS) is 13.2. The number of rotatable bonds is 0. The molecule has 0 aliphatic carbocycles. The molecule has 3 N–H and O–H groups in total. The Morgan fingerprint density at radius 2 is 1.78 bits per heavy atom. The lowest BCUT2D eigenvalue weighted by atomic mass is 10.3. The number of fused-ring (bicyclic) bond motifs is 2. The van der Waals surface area contributed by atoms with Crippen molar-refractivity contribution < 1.29 is 4.79 Å². The maximum atomic E-state index is 11.9. The molecule has 1 aliphatic rings. The second-order valence-corrected chi connectivity index (χ2v) is 4.72. The molecule has 1 aromatic heterocycles. The summed E-state index contributed by atoms with van der Waals surface area (Å²) in [5.74, 6) is -0.528. The average Bonchev–Trinajstić information content (AvgIpc) is 2.43. The van der Waals surface area contributed by atoms with E-state index in [1.54, 1.807) is 18.2 Å². The fraction of sp³-hybridized carbons (Fsp3) is 0. The molecule has 1 aliphatic heterocycles. The minimum atomic E-state index is -0.688.